The molecule has 1 unspecified atom stereocenters. The zero-order valence-electron chi connectivity index (χ0n) is 18.8. The van der Waals surface area contributed by atoms with Gasteiger partial charge < -0.3 is 25.3 Å². The first kappa shape index (κ1) is 22.3. The van der Waals surface area contributed by atoms with E-state index < -0.39 is 0 Å². The van der Waals surface area contributed by atoms with Gasteiger partial charge >= 0.3 is 0 Å². The van der Waals surface area contributed by atoms with Crippen LogP contribution < -0.4 is 25.3 Å². The van der Waals surface area contributed by atoms with Gasteiger partial charge in [-0.1, -0.05) is 31.2 Å². The molecule has 2 aliphatic rings. The maximum absolute atomic E-state index is 5.41. The predicted molar refractivity (Wildman–Crippen MR) is 138 cm³/mol. The molecule has 170 valence electrons. The minimum Gasteiger partial charge on any atom is -0.368 e. The van der Waals surface area contributed by atoms with Gasteiger partial charge in [0.1, 0.15) is 11.6 Å². The van der Waals surface area contributed by atoms with Crippen molar-refractivity contribution in [1.29, 1.82) is 0 Å². The van der Waals surface area contributed by atoms with Crippen LogP contribution >= 0.6 is 12.2 Å². The second-order valence-corrected chi connectivity index (χ2v) is 8.94. The molecule has 2 fully saturated rings. The summed E-state index contributed by atoms with van der Waals surface area (Å²) in [6.45, 7) is 12.5. The first-order chi connectivity index (χ1) is 15.6. The Labute approximate surface area is 196 Å². The molecule has 1 aromatic heterocycles. The van der Waals surface area contributed by atoms with Gasteiger partial charge in [-0.25, -0.2) is 0 Å². The van der Waals surface area contributed by atoms with Crippen molar-refractivity contribution in [1.82, 2.24) is 15.3 Å². The van der Waals surface area contributed by atoms with Crippen LogP contribution in [0.3, 0.4) is 0 Å². The van der Waals surface area contributed by atoms with Crippen LogP contribution in [0.5, 0.6) is 0 Å². The van der Waals surface area contributed by atoms with Gasteiger partial charge in [-0.05, 0) is 43.1 Å². The summed E-state index contributed by atoms with van der Waals surface area (Å²) >= 11 is 5.41. The Balaban J connectivity index is 1.52. The number of piperazine rings is 1. The Bertz CT molecular complexity index is 912. The molecule has 0 radical (unpaired) electrons. The molecule has 3 heterocycles. The van der Waals surface area contributed by atoms with Crippen molar-refractivity contribution < 1.29 is 0 Å². The van der Waals surface area contributed by atoms with E-state index in [2.05, 4.69) is 75.2 Å². The van der Waals surface area contributed by atoms with Gasteiger partial charge in [0.05, 0.1) is 0 Å². The molecule has 0 amide bonds. The van der Waals surface area contributed by atoms with E-state index in [0.717, 1.165) is 50.9 Å². The van der Waals surface area contributed by atoms with E-state index in [1.54, 1.807) is 6.08 Å². The lowest BCUT2D eigenvalue weighted by Crippen LogP contribution is -2.47. The molecule has 2 N–H and O–H groups in total. The largest absolute Gasteiger partial charge is 0.368 e. The highest BCUT2D eigenvalue weighted by Crippen LogP contribution is 2.27. The van der Waals surface area contributed by atoms with Crippen LogP contribution in [0.1, 0.15) is 19.8 Å². The minimum atomic E-state index is 0.508. The molecule has 1 aromatic carbocycles. The van der Waals surface area contributed by atoms with Gasteiger partial charge in [0.2, 0.25) is 5.95 Å². The molecule has 2 aromatic rings. The fourth-order valence-electron chi connectivity index (χ4n) is 4.34. The number of hydrogen-bond acceptors (Lipinski definition) is 6. The van der Waals surface area contributed by atoms with Crippen LogP contribution in [0.4, 0.5) is 23.3 Å². The maximum atomic E-state index is 5.41. The normalized spacial score (nSPS) is 18.9. The van der Waals surface area contributed by atoms with Crippen molar-refractivity contribution >= 4 is 40.6 Å². The fraction of sp³-hybridized carbons (Fsp3) is 0.458. The van der Waals surface area contributed by atoms with Crippen LogP contribution in [0, 0.1) is 5.92 Å². The van der Waals surface area contributed by atoms with E-state index in [0.29, 0.717) is 23.5 Å². The average molecular weight is 452 g/mol. The van der Waals surface area contributed by atoms with Gasteiger partial charge in [-0.3, -0.25) is 0 Å². The predicted octanol–water partition coefficient (Wildman–Crippen LogP) is 3.51. The standard InChI is InChI=1S/C24H33N7S/c1-3-11-25-24(32)28-23-26-21(17-22(27-23)31-12-7-8-19(2)18-31)30-15-13-29(14-16-30)20-9-5-4-6-10-20/h3-6,9-10,17,19H,1,7-8,11-16,18H2,2H3,(H2,25,26,27,28,32). The summed E-state index contributed by atoms with van der Waals surface area (Å²) in [5, 5.41) is 6.77. The SMILES string of the molecule is C=CCNC(=S)Nc1nc(N2CCN(c3ccccc3)CC2)cc(N2CCCC(C)C2)n1. The van der Waals surface area contributed by atoms with Crippen LogP contribution in [0.15, 0.2) is 49.1 Å². The molecule has 7 nitrogen and oxygen atoms in total. The molecule has 0 aliphatic carbocycles. The van der Waals surface area contributed by atoms with Crippen molar-refractivity contribution in [2.45, 2.75) is 19.8 Å². The van der Waals surface area contributed by atoms with Gasteiger partial charge in [0.15, 0.2) is 5.11 Å². The summed E-state index contributed by atoms with van der Waals surface area (Å²) in [7, 11) is 0. The van der Waals surface area contributed by atoms with E-state index in [9.17, 15) is 0 Å². The van der Waals surface area contributed by atoms with Gasteiger partial charge in [-0.15, -0.1) is 6.58 Å². The zero-order chi connectivity index (χ0) is 22.3. The molecule has 2 aliphatic heterocycles. The smallest absolute Gasteiger partial charge is 0.232 e. The Morgan fingerprint density at radius 3 is 2.44 bits per heavy atom. The number of thiocarbonyl (C=S) groups is 1. The van der Waals surface area contributed by atoms with Crippen molar-refractivity contribution in [3.8, 4) is 0 Å². The average Bonchev–Trinajstić information content (AvgIpc) is 2.83. The van der Waals surface area contributed by atoms with Crippen LogP contribution in [-0.4, -0.2) is 60.9 Å². The number of rotatable bonds is 6. The number of anilines is 4. The number of piperidine rings is 1. The lowest BCUT2D eigenvalue weighted by Gasteiger charge is -2.37. The zero-order valence-corrected chi connectivity index (χ0v) is 19.7. The number of hydrogen-bond donors (Lipinski definition) is 2. The van der Waals surface area contributed by atoms with Gasteiger partial charge in [-0.2, -0.15) is 9.97 Å². The number of para-hydroxylation sites is 1. The molecular formula is C24H33N7S. The molecule has 0 spiro atoms. The van der Waals surface area contributed by atoms with E-state index >= 15 is 0 Å². The number of nitrogens with zero attached hydrogens (tertiary/aromatic N) is 5. The minimum absolute atomic E-state index is 0.508. The molecule has 0 bridgehead atoms. The number of benzene rings is 1. The lowest BCUT2D eigenvalue weighted by molar-refractivity contribution is 0.444. The third-order valence-electron chi connectivity index (χ3n) is 6.04. The number of nitrogens with one attached hydrogen (secondary N) is 2. The van der Waals surface area contributed by atoms with Crippen molar-refractivity contribution in [3.05, 3.63) is 49.1 Å². The van der Waals surface area contributed by atoms with E-state index in [-0.39, 0.29) is 0 Å². The molecular weight excluding hydrogens is 418 g/mol. The molecule has 2 saturated heterocycles. The summed E-state index contributed by atoms with van der Waals surface area (Å²) in [5.74, 6) is 3.14. The Morgan fingerprint density at radius 1 is 1.06 bits per heavy atom. The van der Waals surface area contributed by atoms with E-state index in [4.69, 9.17) is 22.2 Å². The quantitative estimate of drug-likeness (QED) is 0.511. The second kappa shape index (κ2) is 10.6. The third-order valence-corrected chi connectivity index (χ3v) is 6.28. The van der Waals surface area contributed by atoms with E-state index in [1.807, 2.05) is 0 Å². The maximum Gasteiger partial charge on any atom is 0.232 e. The highest BCUT2D eigenvalue weighted by atomic mass is 32.1. The third kappa shape index (κ3) is 5.68. The van der Waals surface area contributed by atoms with Crippen LogP contribution in [0.2, 0.25) is 0 Å². The van der Waals surface area contributed by atoms with Crippen LogP contribution in [0.25, 0.3) is 0 Å². The monoisotopic (exact) mass is 451 g/mol. The van der Waals surface area contributed by atoms with Gasteiger partial charge in [0, 0.05) is 57.6 Å². The molecule has 4 rings (SSSR count). The Kier molecular flexibility index (Phi) is 7.42. The molecule has 32 heavy (non-hydrogen) atoms. The van der Waals surface area contributed by atoms with Crippen molar-refractivity contribution in [3.63, 3.8) is 0 Å². The Hall–Kier alpha value is -2.87. The fourth-order valence-corrected chi connectivity index (χ4v) is 4.52. The summed E-state index contributed by atoms with van der Waals surface area (Å²) in [6.07, 6.45) is 4.24. The lowest BCUT2D eigenvalue weighted by atomic mass is 10.0. The first-order valence-corrected chi connectivity index (χ1v) is 11.9. The topological polar surface area (TPSA) is 59.6 Å². The summed E-state index contributed by atoms with van der Waals surface area (Å²) < 4.78 is 0. The summed E-state index contributed by atoms with van der Waals surface area (Å²) in [4.78, 5) is 16.8. The van der Waals surface area contributed by atoms with Crippen molar-refractivity contribution in [2.24, 2.45) is 5.92 Å². The van der Waals surface area contributed by atoms with E-state index in [1.165, 1.54) is 18.5 Å². The molecule has 0 saturated carbocycles. The Morgan fingerprint density at radius 2 is 1.75 bits per heavy atom. The summed E-state index contributed by atoms with van der Waals surface area (Å²) in [6, 6.07) is 12.7. The number of aromatic nitrogens is 2. The van der Waals surface area contributed by atoms with Gasteiger partial charge in [0.25, 0.3) is 0 Å². The molecule has 1 atom stereocenters. The second-order valence-electron chi connectivity index (χ2n) is 8.53. The molecule has 8 heteroatoms. The summed E-state index contributed by atoms with van der Waals surface area (Å²) in [5.41, 5.74) is 1.28. The highest BCUT2D eigenvalue weighted by Gasteiger charge is 2.23. The first-order valence-electron chi connectivity index (χ1n) is 11.5. The van der Waals surface area contributed by atoms with Crippen LogP contribution in [-0.2, 0) is 0 Å². The van der Waals surface area contributed by atoms with Crippen molar-refractivity contribution in [2.75, 3.05) is 65.8 Å². The highest BCUT2D eigenvalue weighted by molar-refractivity contribution is 7.80.